The Balaban J connectivity index is 3.24. The topological polar surface area (TPSA) is 91.5 Å². The molecule has 21 heavy (non-hydrogen) atoms. The third kappa shape index (κ3) is 4.56. The van der Waals surface area contributed by atoms with Crippen molar-refractivity contribution >= 4 is 17.3 Å². The SMILES string of the molecule is CCNc1cc([N+](=O)[O-])cc(N(CCO)C(CC)CC)n1. The summed E-state index contributed by atoms with van der Waals surface area (Å²) in [5, 5.41) is 23.4. The number of aliphatic hydroxyl groups is 1. The fourth-order valence-corrected chi connectivity index (χ4v) is 2.35. The molecule has 0 radical (unpaired) electrons. The summed E-state index contributed by atoms with van der Waals surface area (Å²) in [5.41, 5.74) is 0.00449. The van der Waals surface area contributed by atoms with Crippen LogP contribution in [-0.2, 0) is 0 Å². The van der Waals surface area contributed by atoms with Gasteiger partial charge >= 0.3 is 0 Å². The van der Waals surface area contributed by atoms with E-state index in [0.29, 0.717) is 24.7 Å². The van der Waals surface area contributed by atoms with Gasteiger partial charge in [-0.25, -0.2) is 4.98 Å². The Morgan fingerprint density at radius 3 is 2.52 bits per heavy atom. The molecule has 0 bridgehead atoms. The van der Waals surface area contributed by atoms with Crippen LogP contribution >= 0.6 is 0 Å². The van der Waals surface area contributed by atoms with Crippen LogP contribution in [-0.4, -0.2) is 40.8 Å². The highest BCUT2D eigenvalue weighted by molar-refractivity contribution is 5.56. The predicted octanol–water partition coefficient (Wildman–Crippen LogP) is 2.41. The Hall–Kier alpha value is -1.89. The van der Waals surface area contributed by atoms with Crippen molar-refractivity contribution in [1.29, 1.82) is 0 Å². The summed E-state index contributed by atoms with van der Waals surface area (Å²) in [6.45, 7) is 7.05. The van der Waals surface area contributed by atoms with Gasteiger partial charge in [-0.05, 0) is 19.8 Å². The molecule has 1 aromatic rings. The summed E-state index contributed by atoms with van der Waals surface area (Å²) >= 11 is 0. The van der Waals surface area contributed by atoms with E-state index in [-0.39, 0.29) is 18.3 Å². The molecular formula is C14H24N4O3. The smallest absolute Gasteiger partial charge is 0.276 e. The van der Waals surface area contributed by atoms with Crippen molar-refractivity contribution in [3.63, 3.8) is 0 Å². The summed E-state index contributed by atoms with van der Waals surface area (Å²) < 4.78 is 0. The average Bonchev–Trinajstić information content (AvgIpc) is 2.47. The Bertz CT molecular complexity index is 464. The first-order chi connectivity index (χ1) is 10.1. The number of pyridine rings is 1. The second-order valence-electron chi connectivity index (χ2n) is 4.74. The molecule has 0 fully saturated rings. The fraction of sp³-hybridized carbons (Fsp3) is 0.643. The summed E-state index contributed by atoms with van der Waals surface area (Å²) in [5.74, 6) is 1.01. The highest BCUT2D eigenvalue weighted by Crippen LogP contribution is 2.26. The third-order valence-electron chi connectivity index (χ3n) is 3.38. The first-order valence-electron chi connectivity index (χ1n) is 7.35. The largest absolute Gasteiger partial charge is 0.395 e. The Morgan fingerprint density at radius 2 is 2.05 bits per heavy atom. The molecule has 0 unspecified atom stereocenters. The molecule has 0 aliphatic carbocycles. The summed E-state index contributed by atoms with van der Waals surface area (Å²) in [6.07, 6.45) is 1.77. The van der Waals surface area contributed by atoms with Gasteiger partial charge in [0.25, 0.3) is 5.69 Å². The van der Waals surface area contributed by atoms with Crippen LogP contribution in [0, 0.1) is 10.1 Å². The summed E-state index contributed by atoms with van der Waals surface area (Å²) in [7, 11) is 0. The van der Waals surface area contributed by atoms with Crippen LogP contribution in [0.1, 0.15) is 33.6 Å². The zero-order chi connectivity index (χ0) is 15.8. The van der Waals surface area contributed by atoms with Gasteiger partial charge in [-0.2, -0.15) is 0 Å². The molecule has 2 N–H and O–H groups in total. The van der Waals surface area contributed by atoms with Crippen molar-refractivity contribution in [2.45, 2.75) is 39.7 Å². The first-order valence-corrected chi connectivity index (χ1v) is 7.35. The Labute approximate surface area is 125 Å². The second kappa shape index (κ2) is 8.41. The summed E-state index contributed by atoms with van der Waals surface area (Å²) in [4.78, 5) is 17.0. The molecule has 1 aromatic heterocycles. The number of hydrogen-bond acceptors (Lipinski definition) is 6. The van der Waals surface area contributed by atoms with Gasteiger partial charge in [-0.1, -0.05) is 13.8 Å². The molecule has 0 amide bonds. The fourth-order valence-electron chi connectivity index (χ4n) is 2.35. The van der Waals surface area contributed by atoms with E-state index in [2.05, 4.69) is 24.1 Å². The van der Waals surface area contributed by atoms with Crippen molar-refractivity contribution in [3.8, 4) is 0 Å². The van der Waals surface area contributed by atoms with E-state index in [0.717, 1.165) is 12.8 Å². The normalized spacial score (nSPS) is 10.7. The number of nitrogens with one attached hydrogen (secondary N) is 1. The zero-order valence-corrected chi connectivity index (χ0v) is 12.9. The number of aromatic nitrogens is 1. The molecule has 0 aliphatic heterocycles. The van der Waals surface area contributed by atoms with E-state index in [4.69, 9.17) is 0 Å². The molecule has 7 nitrogen and oxygen atoms in total. The molecule has 0 aromatic carbocycles. The summed E-state index contributed by atoms with van der Waals surface area (Å²) in [6, 6.07) is 3.09. The number of nitrogens with zero attached hydrogens (tertiary/aromatic N) is 3. The van der Waals surface area contributed by atoms with Gasteiger partial charge in [0.15, 0.2) is 0 Å². The van der Waals surface area contributed by atoms with Crippen LogP contribution in [0.2, 0.25) is 0 Å². The number of rotatable bonds is 9. The van der Waals surface area contributed by atoms with E-state index in [1.807, 2.05) is 11.8 Å². The van der Waals surface area contributed by atoms with Crippen molar-refractivity contribution in [3.05, 3.63) is 22.2 Å². The van der Waals surface area contributed by atoms with E-state index >= 15 is 0 Å². The Kier molecular flexibility index (Phi) is 6.87. The molecule has 118 valence electrons. The highest BCUT2D eigenvalue weighted by Gasteiger charge is 2.20. The van der Waals surface area contributed by atoms with Crippen LogP contribution < -0.4 is 10.2 Å². The van der Waals surface area contributed by atoms with Gasteiger partial charge in [0.1, 0.15) is 11.6 Å². The van der Waals surface area contributed by atoms with Gasteiger partial charge in [-0.15, -0.1) is 0 Å². The highest BCUT2D eigenvalue weighted by atomic mass is 16.6. The van der Waals surface area contributed by atoms with Gasteiger partial charge < -0.3 is 15.3 Å². The van der Waals surface area contributed by atoms with Gasteiger partial charge in [0.05, 0.1) is 23.7 Å². The second-order valence-corrected chi connectivity index (χ2v) is 4.74. The molecule has 7 heteroatoms. The quantitative estimate of drug-likeness (QED) is 0.537. The standard InChI is InChI=1S/C14H24N4O3/c1-4-11(5-2)17(7-8-19)14-10-12(18(20)21)9-13(16-14)15-6-3/h9-11,19H,4-8H2,1-3H3,(H,15,16). The molecule has 1 heterocycles. The lowest BCUT2D eigenvalue weighted by Gasteiger charge is -2.31. The molecule has 0 aliphatic rings. The molecule has 1 rings (SSSR count). The predicted molar refractivity (Wildman–Crippen MR) is 83.9 cm³/mol. The lowest BCUT2D eigenvalue weighted by Crippen LogP contribution is -2.37. The van der Waals surface area contributed by atoms with Crippen LogP contribution in [0.5, 0.6) is 0 Å². The molecular weight excluding hydrogens is 272 g/mol. The number of anilines is 2. The Morgan fingerprint density at radius 1 is 1.38 bits per heavy atom. The van der Waals surface area contributed by atoms with E-state index in [9.17, 15) is 15.2 Å². The van der Waals surface area contributed by atoms with Crippen molar-refractivity contribution in [2.24, 2.45) is 0 Å². The monoisotopic (exact) mass is 296 g/mol. The number of nitro groups is 1. The van der Waals surface area contributed by atoms with E-state index in [1.54, 1.807) is 0 Å². The third-order valence-corrected chi connectivity index (χ3v) is 3.38. The first kappa shape index (κ1) is 17.2. The molecule has 0 spiro atoms. The number of hydrogen-bond donors (Lipinski definition) is 2. The molecule has 0 saturated heterocycles. The van der Waals surface area contributed by atoms with E-state index < -0.39 is 4.92 Å². The molecule has 0 atom stereocenters. The maximum atomic E-state index is 11.1. The molecule has 0 saturated carbocycles. The lowest BCUT2D eigenvalue weighted by molar-refractivity contribution is -0.384. The van der Waals surface area contributed by atoms with Gasteiger partial charge in [-0.3, -0.25) is 10.1 Å². The van der Waals surface area contributed by atoms with Crippen molar-refractivity contribution in [2.75, 3.05) is 29.9 Å². The average molecular weight is 296 g/mol. The van der Waals surface area contributed by atoms with Crippen molar-refractivity contribution in [1.82, 2.24) is 4.98 Å². The maximum absolute atomic E-state index is 11.1. The van der Waals surface area contributed by atoms with Crippen LogP contribution in [0.3, 0.4) is 0 Å². The van der Waals surface area contributed by atoms with Gasteiger partial charge in [0, 0.05) is 19.1 Å². The van der Waals surface area contributed by atoms with Crippen LogP contribution in [0.15, 0.2) is 12.1 Å². The van der Waals surface area contributed by atoms with Crippen molar-refractivity contribution < 1.29 is 10.0 Å². The lowest BCUT2D eigenvalue weighted by atomic mass is 10.1. The number of aliphatic hydroxyl groups excluding tert-OH is 1. The van der Waals surface area contributed by atoms with Gasteiger partial charge in [0.2, 0.25) is 0 Å². The van der Waals surface area contributed by atoms with Crippen LogP contribution in [0.4, 0.5) is 17.3 Å². The minimum atomic E-state index is -0.421. The zero-order valence-electron chi connectivity index (χ0n) is 12.9. The minimum absolute atomic E-state index is 0.00449. The minimum Gasteiger partial charge on any atom is -0.395 e. The van der Waals surface area contributed by atoms with Crippen LogP contribution in [0.25, 0.3) is 0 Å². The maximum Gasteiger partial charge on any atom is 0.276 e. The van der Waals surface area contributed by atoms with E-state index in [1.165, 1.54) is 12.1 Å².